The fraction of sp³-hybridized carbons (Fsp3) is 0.333. The number of rotatable bonds is 11. The molecule has 222 valence electrons. The normalized spacial score (nSPS) is 16.7. The molecule has 0 radical (unpaired) electrons. The summed E-state index contributed by atoms with van der Waals surface area (Å²) in [7, 11) is 6.25. The van der Waals surface area contributed by atoms with Crippen LogP contribution in [0.4, 0.5) is 17.5 Å². The molecule has 0 amide bonds. The number of hydrogen-bond donors (Lipinski definition) is 2. The summed E-state index contributed by atoms with van der Waals surface area (Å²) in [6.07, 6.45) is 4.75. The highest BCUT2D eigenvalue weighted by atomic mass is 16.6. The SMILES string of the molecule is CN(C)c1cccc2c(ONC[C@H]3CC[C@H](CNc4nc(N(C)Cc5ccccc5)c5ccccc5n4)CC3)cccc12. The van der Waals surface area contributed by atoms with Gasteiger partial charge in [0.15, 0.2) is 5.75 Å². The van der Waals surface area contributed by atoms with Crippen LogP contribution < -0.4 is 25.4 Å². The van der Waals surface area contributed by atoms with Gasteiger partial charge in [0, 0.05) is 62.6 Å². The van der Waals surface area contributed by atoms with Gasteiger partial charge in [-0.2, -0.15) is 10.5 Å². The van der Waals surface area contributed by atoms with Crippen molar-refractivity contribution in [2.24, 2.45) is 11.8 Å². The largest absolute Gasteiger partial charge is 0.408 e. The molecule has 4 aromatic carbocycles. The summed E-state index contributed by atoms with van der Waals surface area (Å²) in [5.41, 5.74) is 6.70. The molecule has 5 aromatic rings. The van der Waals surface area contributed by atoms with E-state index in [0.29, 0.717) is 17.8 Å². The monoisotopic (exact) mass is 574 g/mol. The summed E-state index contributed by atoms with van der Waals surface area (Å²) in [6.45, 7) is 2.54. The first-order valence-electron chi connectivity index (χ1n) is 15.4. The second-order valence-electron chi connectivity index (χ2n) is 12.0. The van der Waals surface area contributed by atoms with Crippen molar-refractivity contribution in [3.63, 3.8) is 0 Å². The first-order chi connectivity index (χ1) is 21.0. The maximum atomic E-state index is 6.09. The van der Waals surface area contributed by atoms with Crippen LogP contribution in [0.3, 0.4) is 0 Å². The summed E-state index contributed by atoms with van der Waals surface area (Å²) in [4.78, 5) is 20.3. The fourth-order valence-corrected chi connectivity index (χ4v) is 6.22. The molecule has 1 heterocycles. The van der Waals surface area contributed by atoms with E-state index in [-0.39, 0.29) is 0 Å². The van der Waals surface area contributed by atoms with E-state index >= 15 is 0 Å². The average Bonchev–Trinajstić information content (AvgIpc) is 3.04. The van der Waals surface area contributed by atoms with Gasteiger partial charge in [-0.3, -0.25) is 0 Å². The number of aromatic nitrogens is 2. The molecule has 6 rings (SSSR count). The van der Waals surface area contributed by atoms with Crippen LogP contribution in [0, 0.1) is 11.8 Å². The van der Waals surface area contributed by atoms with Gasteiger partial charge in [-0.15, -0.1) is 0 Å². The van der Waals surface area contributed by atoms with Crippen LogP contribution in [-0.2, 0) is 6.54 Å². The lowest BCUT2D eigenvalue weighted by Crippen LogP contribution is -2.30. The molecule has 0 saturated heterocycles. The van der Waals surface area contributed by atoms with E-state index in [1.165, 1.54) is 42.3 Å². The van der Waals surface area contributed by atoms with Crippen LogP contribution in [0.2, 0.25) is 0 Å². The summed E-state index contributed by atoms with van der Waals surface area (Å²) in [5.74, 6) is 3.76. The third-order valence-corrected chi connectivity index (χ3v) is 8.62. The van der Waals surface area contributed by atoms with Crippen LogP contribution in [0.15, 0.2) is 91.0 Å². The number of nitrogens with zero attached hydrogens (tertiary/aromatic N) is 4. The Kier molecular flexibility index (Phi) is 8.89. The second-order valence-corrected chi connectivity index (χ2v) is 12.0. The predicted octanol–water partition coefficient (Wildman–Crippen LogP) is 7.29. The van der Waals surface area contributed by atoms with Crippen molar-refractivity contribution in [1.82, 2.24) is 15.4 Å². The van der Waals surface area contributed by atoms with Gasteiger partial charge < -0.3 is 20.0 Å². The van der Waals surface area contributed by atoms with Gasteiger partial charge in [0.2, 0.25) is 5.95 Å². The number of hydroxylamine groups is 1. The quantitative estimate of drug-likeness (QED) is 0.161. The fourth-order valence-electron chi connectivity index (χ4n) is 6.22. The number of para-hydroxylation sites is 1. The average molecular weight is 575 g/mol. The molecule has 1 saturated carbocycles. The zero-order chi connectivity index (χ0) is 29.6. The van der Waals surface area contributed by atoms with E-state index in [1.54, 1.807) is 0 Å². The Bertz CT molecular complexity index is 1650. The van der Waals surface area contributed by atoms with Gasteiger partial charge in [0.25, 0.3) is 0 Å². The molecule has 0 bridgehead atoms. The van der Waals surface area contributed by atoms with Crippen molar-refractivity contribution >= 4 is 39.1 Å². The molecule has 0 unspecified atom stereocenters. The van der Waals surface area contributed by atoms with Gasteiger partial charge in [-0.1, -0.05) is 66.7 Å². The predicted molar refractivity (Wildman–Crippen MR) is 179 cm³/mol. The Labute approximate surface area is 254 Å². The summed E-state index contributed by atoms with van der Waals surface area (Å²) in [5, 5.41) is 6.98. The molecular weight excluding hydrogens is 532 g/mol. The molecule has 1 aliphatic rings. The Morgan fingerprint density at radius 1 is 0.698 bits per heavy atom. The molecule has 7 heteroatoms. The van der Waals surface area contributed by atoms with E-state index in [9.17, 15) is 0 Å². The van der Waals surface area contributed by atoms with Crippen molar-refractivity contribution in [1.29, 1.82) is 0 Å². The first kappa shape index (κ1) is 28.7. The number of anilines is 3. The molecule has 7 nitrogen and oxygen atoms in total. The highest BCUT2D eigenvalue weighted by molar-refractivity contribution is 5.97. The van der Waals surface area contributed by atoms with E-state index in [0.717, 1.165) is 47.5 Å². The van der Waals surface area contributed by atoms with Crippen molar-refractivity contribution in [2.45, 2.75) is 32.2 Å². The molecule has 0 spiro atoms. The number of fused-ring (bicyclic) bond motifs is 2. The third-order valence-electron chi connectivity index (χ3n) is 8.62. The van der Waals surface area contributed by atoms with Crippen molar-refractivity contribution in [3.8, 4) is 5.75 Å². The van der Waals surface area contributed by atoms with E-state index in [2.05, 4.69) is 121 Å². The Morgan fingerprint density at radius 2 is 1.37 bits per heavy atom. The summed E-state index contributed by atoms with van der Waals surface area (Å²) < 4.78 is 0. The Morgan fingerprint density at radius 3 is 2.16 bits per heavy atom. The summed E-state index contributed by atoms with van der Waals surface area (Å²) >= 11 is 0. The molecule has 1 aromatic heterocycles. The number of benzene rings is 4. The minimum atomic E-state index is 0.610. The number of nitrogens with one attached hydrogen (secondary N) is 2. The molecule has 2 N–H and O–H groups in total. The molecule has 1 fully saturated rings. The Hall–Kier alpha value is -4.36. The smallest absolute Gasteiger partial charge is 0.225 e. The van der Waals surface area contributed by atoms with Crippen LogP contribution in [-0.4, -0.2) is 44.2 Å². The lowest BCUT2D eigenvalue weighted by Gasteiger charge is -2.29. The first-order valence-corrected chi connectivity index (χ1v) is 15.4. The lowest BCUT2D eigenvalue weighted by atomic mass is 9.82. The highest BCUT2D eigenvalue weighted by Gasteiger charge is 2.22. The van der Waals surface area contributed by atoms with Crippen LogP contribution >= 0.6 is 0 Å². The topological polar surface area (TPSA) is 65.6 Å². The van der Waals surface area contributed by atoms with Gasteiger partial charge >= 0.3 is 0 Å². The zero-order valence-corrected chi connectivity index (χ0v) is 25.5. The minimum absolute atomic E-state index is 0.610. The maximum Gasteiger partial charge on any atom is 0.225 e. The van der Waals surface area contributed by atoms with Crippen molar-refractivity contribution in [3.05, 3.63) is 96.6 Å². The van der Waals surface area contributed by atoms with Crippen molar-refractivity contribution in [2.75, 3.05) is 49.3 Å². The van der Waals surface area contributed by atoms with Gasteiger partial charge in [-0.05, 0) is 67.3 Å². The molecule has 0 atom stereocenters. The zero-order valence-electron chi connectivity index (χ0n) is 25.5. The minimum Gasteiger partial charge on any atom is -0.408 e. The summed E-state index contributed by atoms with van der Waals surface area (Å²) in [6, 6.07) is 31.4. The van der Waals surface area contributed by atoms with Crippen LogP contribution in [0.25, 0.3) is 21.7 Å². The standard InChI is InChI=1S/C36H42N6O/c1-41(2)33-17-9-15-30-29(33)14-10-18-34(30)43-38-24-27-21-19-26(20-22-27)23-37-36-39-32-16-8-7-13-31(32)35(40-36)42(3)25-28-11-5-4-6-12-28/h4-18,26-27,38H,19-25H2,1-3H3,(H,37,39,40)/t26-,27-. The van der Waals surface area contributed by atoms with Gasteiger partial charge in [0.05, 0.1) is 5.52 Å². The van der Waals surface area contributed by atoms with E-state index in [4.69, 9.17) is 14.8 Å². The van der Waals surface area contributed by atoms with Crippen molar-refractivity contribution < 1.29 is 4.84 Å². The molecule has 43 heavy (non-hydrogen) atoms. The maximum absolute atomic E-state index is 6.09. The van der Waals surface area contributed by atoms with E-state index < -0.39 is 0 Å². The van der Waals surface area contributed by atoms with Gasteiger partial charge in [0.1, 0.15) is 5.82 Å². The molecular formula is C36H42N6O. The van der Waals surface area contributed by atoms with Crippen LogP contribution in [0.1, 0.15) is 31.2 Å². The number of hydrogen-bond acceptors (Lipinski definition) is 7. The van der Waals surface area contributed by atoms with E-state index in [1.807, 2.05) is 12.1 Å². The van der Waals surface area contributed by atoms with Gasteiger partial charge in [-0.25, -0.2) is 4.98 Å². The molecule has 1 aliphatic carbocycles. The molecule has 0 aliphatic heterocycles. The third kappa shape index (κ3) is 6.83. The second kappa shape index (κ2) is 13.3. The Balaban J connectivity index is 1.02. The highest BCUT2D eigenvalue weighted by Crippen LogP contribution is 2.33. The van der Waals surface area contributed by atoms with Crippen LogP contribution in [0.5, 0.6) is 5.75 Å². The lowest BCUT2D eigenvalue weighted by molar-refractivity contribution is 0.157.